The summed E-state index contributed by atoms with van der Waals surface area (Å²) in [7, 11) is 0. The van der Waals surface area contributed by atoms with E-state index in [1.54, 1.807) is 12.1 Å². The quantitative estimate of drug-likeness (QED) is 0.779. The van der Waals surface area contributed by atoms with Crippen LogP contribution in [-0.2, 0) is 0 Å². The van der Waals surface area contributed by atoms with Crippen LogP contribution in [0.4, 0.5) is 0 Å². The van der Waals surface area contributed by atoms with E-state index in [2.05, 4.69) is 0 Å². The zero-order valence-corrected chi connectivity index (χ0v) is 8.27. The number of aromatic carboxylic acids is 1. The van der Waals surface area contributed by atoms with Crippen molar-refractivity contribution in [3.05, 3.63) is 29.8 Å². The Kier molecular flexibility index (Phi) is 2.36. The van der Waals surface area contributed by atoms with Crippen LogP contribution in [0.25, 0.3) is 0 Å². The highest BCUT2D eigenvalue weighted by molar-refractivity contribution is 5.87. The number of ether oxygens (including phenoxy) is 1. The Hall–Kier alpha value is -1.55. The first-order valence-corrected chi connectivity index (χ1v) is 4.84. The van der Waals surface area contributed by atoms with Gasteiger partial charge in [0.1, 0.15) is 12.4 Å². The Morgan fingerprint density at radius 2 is 2.27 bits per heavy atom. The zero-order chi connectivity index (χ0) is 10.9. The van der Waals surface area contributed by atoms with Crippen molar-refractivity contribution in [1.29, 1.82) is 0 Å². The fourth-order valence-corrected chi connectivity index (χ4v) is 1.25. The van der Waals surface area contributed by atoms with Gasteiger partial charge in [-0.15, -0.1) is 0 Å². The van der Waals surface area contributed by atoms with E-state index >= 15 is 0 Å². The average Bonchev–Trinajstić information content (AvgIpc) is 2.95. The lowest BCUT2D eigenvalue weighted by molar-refractivity contribution is 0.0696. The molecule has 0 amide bonds. The average molecular weight is 207 g/mol. The van der Waals surface area contributed by atoms with Gasteiger partial charge in [0.15, 0.2) is 0 Å². The number of benzene rings is 1. The molecule has 4 heteroatoms. The highest BCUT2D eigenvalue weighted by atomic mass is 16.5. The summed E-state index contributed by atoms with van der Waals surface area (Å²) in [5, 5.41) is 8.77. The van der Waals surface area contributed by atoms with Crippen LogP contribution in [0.5, 0.6) is 5.75 Å². The van der Waals surface area contributed by atoms with Crippen molar-refractivity contribution in [3.63, 3.8) is 0 Å². The van der Waals surface area contributed by atoms with E-state index in [0.717, 1.165) is 12.8 Å². The van der Waals surface area contributed by atoms with E-state index in [1.807, 2.05) is 0 Å². The lowest BCUT2D eigenvalue weighted by Gasteiger charge is -2.11. The predicted octanol–water partition coefficient (Wildman–Crippen LogP) is 1.25. The van der Waals surface area contributed by atoms with Crippen molar-refractivity contribution in [3.8, 4) is 5.75 Å². The van der Waals surface area contributed by atoms with Crippen molar-refractivity contribution >= 4 is 5.97 Å². The standard InChI is InChI=1S/C11H13NO3/c12-11(4-5-11)7-15-9-3-1-2-8(6-9)10(13)14/h1-3,6H,4-5,7,12H2,(H,13,14). The fraction of sp³-hybridized carbons (Fsp3) is 0.364. The molecule has 0 saturated heterocycles. The smallest absolute Gasteiger partial charge is 0.335 e. The predicted molar refractivity (Wildman–Crippen MR) is 55.0 cm³/mol. The van der Waals surface area contributed by atoms with Gasteiger partial charge in [0.05, 0.1) is 11.1 Å². The Labute approximate surface area is 87.7 Å². The first kappa shape index (κ1) is 9.98. The van der Waals surface area contributed by atoms with E-state index in [9.17, 15) is 4.79 Å². The van der Waals surface area contributed by atoms with Crippen LogP contribution < -0.4 is 10.5 Å². The molecular weight excluding hydrogens is 194 g/mol. The first-order valence-electron chi connectivity index (χ1n) is 4.84. The Bertz CT molecular complexity index is 385. The van der Waals surface area contributed by atoms with Crippen molar-refractivity contribution in [2.45, 2.75) is 18.4 Å². The largest absolute Gasteiger partial charge is 0.492 e. The maximum Gasteiger partial charge on any atom is 0.335 e. The fourth-order valence-electron chi connectivity index (χ4n) is 1.25. The molecule has 1 saturated carbocycles. The van der Waals surface area contributed by atoms with E-state index in [0.29, 0.717) is 12.4 Å². The number of hydrogen-bond acceptors (Lipinski definition) is 3. The molecule has 0 aromatic heterocycles. The van der Waals surface area contributed by atoms with Crippen LogP contribution in [0.3, 0.4) is 0 Å². The Morgan fingerprint density at radius 3 is 2.87 bits per heavy atom. The maximum atomic E-state index is 10.7. The lowest BCUT2D eigenvalue weighted by atomic mass is 10.2. The van der Waals surface area contributed by atoms with Crippen LogP contribution in [0.15, 0.2) is 24.3 Å². The third-order valence-electron chi connectivity index (χ3n) is 2.50. The minimum absolute atomic E-state index is 0.181. The van der Waals surface area contributed by atoms with Gasteiger partial charge >= 0.3 is 5.97 Å². The summed E-state index contributed by atoms with van der Waals surface area (Å²) in [5.74, 6) is -0.388. The summed E-state index contributed by atoms with van der Waals surface area (Å²) >= 11 is 0. The summed E-state index contributed by atoms with van der Waals surface area (Å²) in [5.41, 5.74) is 5.90. The molecule has 4 nitrogen and oxygen atoms in total. The summed E-state index contributed by atoms with van der Waals surface area (Å²) < 4.78 is 5.44. The highest BCUT2D eigenvalue weighted by Crippen LogP contribution is 2.32. The molecule has 0 atom stereocenters. The molecular formula is C11H13NO3. The monoisotopic (exact) mass is 207 g/mol. The Balaban J connectivity index is 2.01. The van der Waals surface area contributed by atoms with Gasteiger partial charge in [-0.25, -0.2) is 4.79 Å². The second kappa shape index (κ2) is 3.55. The molecule has 2 rings (SSSR count). The second-order valence-corrected chi connectivity index (χ2v) is 3.98. The minimum atomic E-state index is -0.950. The van der Waals surface area contributed by atoms with Gasteiger partial charge in [0, 0.05) is 0 Å². The zero-order valence-electron chi connectivity index (χ0n) is 8.27. The second-order valence-electron chi connectivity index (χ2n) is 3.98. The number of carbonyl (C=O) groups is 1. The third kappa shape index (κ3) is 2.47. The van der Waals surface area contributed by atoms with Crippen LogP contribution in [-0.4, -0.2) is 23.2 Å². The summed E-state index contributed by atoms with van der Waals surface area (Å²) in [6, 6.07) is 6.44. The van der Waals surface area contributed by atoms with Crippen LogP contribution in [0.2, 0.25) is 0 Å². The van der Waals surface area contributed by atoms with Crippen molar-refractivity contribution in [2.24, 2.45) is 5.73 Å². The van der Waals surface area contributed by atoms with E-state index in [4.69, 9.17) is 15.6 Å². The van der Waals surface area contributed by atoms with Crippen molar-refractivity contribution in [2.75, 3.05) is 6.61 Å². The molecule has 1 aromatic carbocycles. The van der Waals surface area contributed by atoms with Gasteiger partial charge in [-0.3, -0.25) is 0 Å². The molecule has 1 aliphatic carbocycles. The van der Waals surface area contributed by atoms with E-state index in [-0.39, 0.29) is 11.1 Å². The first-order chi connectivity index (χ1) is 7.09. The van der Waals surface area contributed by atoms with Gasteiger partial charge in [-0.2, -0.15) is 0 Å². The lowest BCUT2D eigenvalue weighted by Crippen LogP contribution is -2.29. The van der Waals surface area contributed by atoms with E-state index in [1.165, 1.54) is 12.1 Å². The SMILES string of the molecule is NC1(COc2cccc(C(=O)O)c2)CC1. The van der Waals surface area contributed by atoms with E-state index < -0.39 is 5.97 Å². The molecule has 0 heterocycles. The van der Waals surface area contributed by atoms with Crippen LogP contribution >= 0.6 is 0 Å². The summed E-state index contributed by atoms with van der Waals surface area (Å²) in [4.78, 5) is 10.7. The van der Waals surface area contributed by atoms with Gasteiger partial charge < -0.3 is 15.6 Å². The Morgan fingerprint density at radius 1 is 1.53 bits per heavy atom. The molecule has 0 unspecified atom stereocenters. The molecule has 1 fully saturated rings. The van der Waals surface area contributed by atoms with Gasteiger partial charge in [0.25, 0.3) is 0 Å². The molecule has 80 valence electrons. The molecule has 1 aromatic rings. The maximum absolute atomic E-state index is 10.7. The number of carboxylic acid groups (broad SMARTS) is 1. The molecule has 0 radical (unpaired) electrons. The summed E-state index contributed by atoms with van der Waals surface area (Å²) in [6.45, 7) is 0.454. The number of hydrogen-bond donors (Lipinski definition) is 2. The molecule has 0 aliphatic heterocycles. The molecule has 3 N–H and O–H groups in total. The number of carboxylic acids is 1. The number of nitrogens with two attached hydrogens (primary N) is 1. The number of rotatable bonds is 4. The molecule has 1 aliphatic rings. The summed E-state index contributed by atoms with van der Waals surface area (Å²) in [6.07, 6.45) is 1.96. The van der Waals surface area contributed by atoms with Crippen molar-refractivity contribution in [1.82, 2.24) is 0 Å². The highest BCUT2D eigenvalue weighted by Gasteiger charge is 2.39. The normalized spacial score (nSPS) is 17.1. The molecule has 0 bridgehead atoms. The minimum Gasteiger partial charge on any atom is -0.492 e. The van der Waals surface area contributed by atoms with Gasteiger partial charge in [0.2, 0.25) is 0 Å². The van der Waals surface area contributed by atoms with Crippen LogP contribution in [0.1, 0.15) is 23.2 Å². The third-order valence-corrected chi connectivity index (χ3v) is 2.50. The molecule has 15 heavy (non-hydrogen) atoms. The van der Waals surface area contributed by atoms with Crippen LogP contribution in [0, 0.1) is 0 Å². The van der Waals surface area contributed by atoms with Crippen molar-refractivity contribution < 1.29 is 14.6 Å². The molecule has 0 spiro atoms. The topological polar surface area (TPSA) is 72.5 Å². The van der Waals surface area contributed by atoms with Gasteiger partial charge in [-0.05, 0) is 31.0 Å². The van der Waals surface area contributed by atoms with Gasteiger partial charge in [-0.1, -0.05) is 6.07 Å².